The monoisotopic (exact) mass is 192 g/mol. The van der Waals surface area contributed by atoms with Crippen LogP contribution in [0.15, 0.2) is 0 Å². The van der Waals surface area contributed by atoms with Crippen LogP contribution in [0.2, 0.25) is 0 Å². The van der Waals surface area contributed by atoms with Crippen LogP contribution in [0, 0.1) is 0 Å². The van der Waals surface area contributed by atoms with Gasteiger partial charge in [-0.2, -0.15) is 11.8 Å². The van der Waals surface area contributed by atoms with E-state index in [4.69, 9.17) is 12.2 Å². The third-order valence-electron chi connectivity index (χ3n) is 1.29. The van der Waals surface area contributed by atoms with Crippen molar-refractivity contribution in [2.75, 3.05) is 25.6 Å². The van der Waals surface area contributed by atoms with Crippen molar-refractivity contribution in [2.24, 2.45) is 0 Å². The van der Waals surface area contributed by atoms with Crippen LogP contribution >= 0.6 is 24.0 Å². The molecule has 0 bridgehead atoms. The van der Waals surface area contributed by atoms with E-state index in [1.807, 2.05) is 18.8 Å². The predicted molar refractivity (Wildman–Crippen MR) is 57.3 cm³/mol. The quantitative estimate of drug-likeness (QED) is 0.505. The molecule has 0 rings (SSSR count). The van der Waals surface area contributed by atoms with Crippen LogP contribution in [0.3, 0.4) is 0 Å². The van der Waals surface area contributed by atoms with Crippen LogP contribution in [0.25, 0.3) is 0 Å². The molecule has 0 saturated heterocycles. The highest BCUT2D eigenvalue weighted by molar-refractivity contribution is 7.98. The van der Waals surface area contributed by atoms with Crippen molar-refractivity contribution in [1.82, 2.24) is 10.6 Å². The van der Waals surface area contributed by atoms with Gasteiger partial charge in [-0.15, -0.1) is 0 Å². The van der Waals surface area contributed by atoms with Crippen LogP contribution in [0.5, 0.6) is 0 Å². The Morgan fingerprint density at radius 2 is 2.18 bits per heavy atom. The lowest BCUT2D eigenvalue weighted by Gasteiger charge is -2.05. The topological polar surface area (TPSA) is 24.1 Å². The van der Waals surface area contributed by atoms with Gasteiger partial charge in [-0.1, -0.05) is 0 Å². The zero-order valence-electron chi connectivity index (χ0n) is 7.14. The molecule has 0 atom stereocenters. The molecule has 0 radical (unpaired) electrons. The van der Waals surface area contributed by atoms with Crippen molar-refractivity contribution in [3.8, 4) is 0 Å². The maximum atomic E-state index is 4.91. The molecule has 0 unspecified atom stereocenters. The number of thiocarbonyl (C=S) groups is 1. The van der Waals surface area contributed by atoms with Gasteiger partial charge in [0.2, 0.25) is 0 Å². The molecule has 0 aromatic carbocycles. The van der Waals surface area contributed by atoms with E-state index in [1.165, 1.54) is 18.6 Å². The molecule has 0 amide bonds. The fraction of sp³-hybridized carbons (Fsp3) is 0.857. The van der Waals surface area contributed by atoms with Crippen molar-refractivity contribution < 1.29 is 0 Å². The Morgan fingerprint density at radius 1 is 1.45 bits per heavy atom. The SMILES string of the molecule is CNC(=S)NCCCCSC. The number of hydrogen-bond acceptors (Lipinski definition) is 2. The summed E-state index contributed by atoms with van der Waals surface area (Å²) >= 11 is 6.80. The molecular weight excluding hydrogens is 176 g/mol. The highest BCUT2D eigenvalue weighted by Crippen LogP contribution is 1.97. The Balaban J connectivity index is 2.95. The molecule has 0 aromatic rings. The highest BCUT2D eigenvalue weighted by Gasteiger charge is 1.89. The molecule has 0 aromatic heterocycles. The standard InChI is InChI=1S/C7H16N2S2/c1-8-7(10)9-5-3-4-6-11-2/h3-6H2,1-2H3,(H2,8,9,10). The molecule has 0 heterocycles. The van der Waals surface area contributed by atoms with Crippen LogP contribution in [0.1, 0.15) is 12.8 Å². The molecule has 0 aliphatic heterocycles. The second kappa shape index (κ2) is 8.14. The number of rotatable bonds is 5. The van der Waals surface area contributed by atoms with Gasteiger partial charge in [-0.3, -0.25) is 0 Å². The average Bonchev–Trinajstić information content (AvgIpc) is 2.04. The summed E-state index contributed by atoms with van der Waals surface area (Å²) in [7, 11) is 1.83. The average molecular weight is 192 g/mol. The molecule has 0 spiro atoms. The second-order valence-corrected chi connectivity index (χ2v) is 3.60. The Bertz CT molecular complexity index is 107. The van der Waals surface area contributed by atoms with Gasteiger partial charge in [0.15, 0.2) is 5.11 Å². The summed E-state index contributed by atoms with van der Waals surface area (Å²) < 4.78 is 0. The Morgan fingerprint density at radius 3 is 2.73 bits per heavy atom. The lowest BCUT2D eigenvalue weighted by Crippen LogP contribution is -2.32. The van der Waals surface area contributed by atoms with E-state index in [9.17, 15) is 0 Å². The molecule has 4 heteroatoms. The lowest BCUT2D eigenvalue weighted by atomic mass is 10.3. The first kappa shape index (κ1) is 11.0. The van der Waals surface area contributed by atoms with Gasteiger partial charge >= 0.3 is 0 Å². The smallest absolute Gasteiger partial charge is 0.166 e. The maximum absolute atomic E-state index is 4.91. The fourth-order valence-electron chi connectivity index (χ4n) is 0.662. The minimum atomic E-state index is 0.745. The highest BCUT2D eigenvalue weighted by atomic mass is 32.2. The summed E-state index contributed by atoms with van der Waals surface area (Å²) in [6.45, 7) is 0.986. The zero-order chi connectivity index (χ0) is 8.53. The van der Waals surface area contributed by atoms with E-state index in [0.29, 0.717) is 0 Å². The normalized spacial score (nSPS) is 9.27. The number of unbranched alkanes of at least 4 members (excludes halogenated alkanes) is 1. The van der Waals surface area contributed by atoms with E-state index >= 15 is 0 Å². The van der Waals surface area contributed by atoms with Crippen molar-refractivity contribution in [3.63, 3.8) is 0 Å². The first-order chi connectivity index (χ1) is 5.31. The first-order valence-electron chi connectivity index (χ1n) is 3.75. The largest absolute Gasteiger partial charge is 0.366 e. The van der Waals surface area contributed by atoms with E-state index in [1.54, 1.807) is 0 Å². The van der Waals surface area contributed by atoms with Gasteiger partial charge in [-0.05, 0) is 37.1 Å². The molecule has 0 saturated carbocycles. The number of thioether (sulfide) groups is 1. The molecule has 2 N–H and O–H groups in total. The number of nitrogens with one attached hydrogen (secondary N) is 2. The van der Waals surface area contributed by atoms with Crippen molar-refractivity contribution in [3.05, 3.63) is 0 Å². The van der Waals surface area contributed by atoms with E-state index in [2.05, 4.69) is 16.9 Å². The molecule has 66 valence electrons. The summed E-state index contributed by atoms with van der Waals surface area (Å²) in [6, 6.07) is 0. The minimum Gasteiger partial charge on any atom is -0.366 e. The predicted octanol–water partition coefficient (Wildman–Crippen LogP) is 1.22. The molecule has 0 aliphatic rings. The van der Waals surface area contributed by atoms with E-state index < -0.39 is 0 Å². The lowest BCUT2D eigenvalue weighted by molar-refractivity contribution is 0.755. The molecule has 0 aliphatic carbocycles. The Hall–Kier alpha value is 0.0400. The van der Waals surface area contributed by atoms with E-state index in [-0.39, 0.29) is 0 Å². The van der Waals surface area contributed by atoms with Gasteiger partial charge in [0.25, 0.3) is 0 Å². The van der Waals surface area contributed by atoms with Crippen LogP contribution in [0.4, 0.5) is 0 Å². The maximum Gasteiger partial charge on any atom is 0.166 e. The van der Waals surface area contributed by atoms with Gasteiger partial charge in [0.1, 0.15) is 0 Å². The third kappa shape index (κ3) is 7.94. The third-order valence-corrected chi connectivity index (χ3v) is 2.33. The van der Waals surface area contributed by atoms with Crippen LogP contribution in [-0.2, 0) is 0 Å². The summed E-state index contributed by atoms with van der Waals surface area (Å²) in [5.41, 5.74) is 0. The summed E-state index contributed by atoms with van der Waals surface area (Å²) in [6.07, 6.45) is 4.59. The van der Waals surface area contributed by atoms with Crippen molar-refractivity contribution in [2.45, 2.75) is 12.8 Å². The molecule has 0 fully saturated rings. The van der Waals surface area contributed by atoms with Gasteiger partial charge in [0.05, 0.1) is 0 Å². The Kier molecular flexibility index (Phi) is 8.17. The first-order valence-corrected chi connectivity index (χ1v) is 5.56. The molecule has 2 nitrogen and oxygen atoms in total. The minimum absolute atomic E-state index is 0.745. The van der Waals surface area contributed by atoms with Gasteiger partial charge < -0.3 is 10.6 Å². The molecule has 11 heavy (non-hydrogen) atoms. The van der Waals surface area contributed by atoms with E-state index in [0.717, 1.165) is 11.7 Å². The van der Waals surface area contributed by atoms with Crippen LogP contribution in [-0.4, -0.2) is 30.7 Å². The Labute approximate surface area is 78.5 Å². The zero-order valence-corrected chi connectivity index (χ0v) is 8.78. The van der Waals surface area contributed by atoms with Crippen molar-refractivity contribution in [1.29, 1.82) is 0 Å². The van der Waals surface area contributed by atoms with Gasteiger partial charge in [0, 0.05) is 13.6 Å². The summed E-state index contributed by atoms with van der Waals surface area (Å²) in [5.74, 6) is 1.24. The van der Waals surface area contributed by atoms with Crippen LogP contribution < -0.4 is 10.6 Å². The second-order valence-electron chi connectivity index (χ2n) is 2.21. The summed E-state index contributed by atoms with van der Waals surface area (Å²) in [4.78, 5) is 0. The number of hydrogen-bond donors (Lipinski definition) is 2. The molecular formula is C7H16N2S2. The fourth-order valence-corrected chi connectivity index (χ4v) is 1.26. The summed E-state index contributed by atoms with van der Waals surface area (Å²) in [5, 5.41) is 6.72. The van der Waals surface area contributed by atoms with Crippen molar-refractivity contribution >= 4 is 29.1 Å². The van der Waals surface area contributed by atoms with Gasteiger partial charge in [-0.25, -0.2) is 0 Å².